The summed E-state index contributed by atoms with van der Waals surface area (Å²) in [5.41, 5.74) is 1.04. The van der Waals surface area contributed by atoms with Gasteiger partial charge in [0.05, 0.1) is 11.1 Å². The molecule has 3 rings (SSSR count). The van der Waals surface area contributed by atoms with Gasteiger partial charge in [0.25, 0.3) is 0 Å². The van der Waals surface area contributed by atoms with Crippen LogP contribution in [0.1, 0.15) is 31.4 Å². The van der Waals surface area contributed by atoms with Crippen LogP contribution in [0.25, 0.3) is 0 Å². The molecule has 1 amide bonds. The van der Waals surface area contributed by atoms with Crippen LogP contribution >= 0.6 is 35.0 Å². The van der Waals surface area contributed by atoms with Crippen LogP contribution in [-0.2, 0) is 14.8 Å². The highest BCUT2D eigenvalue weighted by Gasteiger charge is 2.33. The summed E-state index contributed by atoms with van der Waals surface area (Å²) in [6.45, 7) is 2.48. The Morgan fingerprint density at radius 2 is 1.77 bits per heavy atom. The summed E-state index contributed by atoms with van der Waals surface area (Å²) in [4.78, 5) is 13.9. The second kappa shape index (κ2) is 9.92. The standard InChI is InChI=1S/C21H24Cl2N2O3S2/c1-14(15-3-6-18(29-2)7-4-15)24-21(26)16-9-11-25(12-10-16)30(27,28)20-13-17(22)5-8-19(20)23/h3-8,13-14,16H,9-12H2,1-2H3,(H,24,26)/t14-/m0/s1. The second-order valence-corrected chi connectivity index (χ2v) is 10.9. The van der Waals surface area contributed by atoms with E-state index in [-0.39, 0.29) is 40.9 Å². The van der Waals surface area contributed by atoms with E-state index < -0.39 is 10.0 Å². The van der Waals surface area contributed by atoms with Crippen LogP contribution in [0, 0.1) is 5.92 Å². The Hall–Kier alpha value is -1.25. The van der Waals surface area contributed by atoms with Crippen molar-refractivity contribution >= 4 is 50.9 Å². The minimum atomic E-state index is -3.75. The van der Waals surface area contributed by atoms with Gasteiger partial charge in [-0.2, -0.15) is 4.31 Å². The molecular formula is C21H24Cl2N2O3S2. The number of sulfonamides is 1. The summed E-state index contributed by atoms with van der Waals surface area (Å²) in [6, 6.07) is 12.4. The van der Waals surface area contributed by atoms with Crippen LogP contribution in [0.5, 0.6) is 0 Å². The lowest BCUT2D eigenvalue weighted by atomic mass is 9.96. The molecule has 30 heavy (non-hydrogen) atoms. The van der Waals surface area contributed by atoms with Crippen LogP contribution in [0.15, 0.2) is 52.3 Å². The van der Waals surface area contributed by atoms with Crippen LogP contribution in [0.3, 0.4) is 0 Å². The van der Waals surface area contributed by atoms with Crippen molar-refractivity contribution in [2.45, 2.75) is 35.6 Å². The molecule has 162 valence electrons. The van der Waals surface area contributed by atoms with E-state index in [1.807, 2.05) is 37.4 Å². The number of piperidine rings is 1. The molecule has 0 unspecified atom stereocenters. The molecular weight excluding hydrogens is 463 g/mol. The zero-order valence-electron chi connectivity index (χ0n) is 16.8. The predicted octanol–water partition coefficient (Wildman–Crippen LogP) is 4.99. The molecule has 1 atom stereocenters. The van der Waals surface area contributed by atoms with Gasteiger partial charge < -0.3 is 5.32 Å². The molecule has 0 radical (unpaired) electrons. The van der Waals surface area contributed by atoms with Gasteiger partial charge in [-0.05, 0) is 61.9 Å². The largest absolute Gasteiger partial charge is 0.349 e. The van der Waals surface area contributed by atoms with Gasteiger partial charge in [0.1, 0.15) is 4.90 Å². The fourth-order valence-electron chi connectivity index (χ4n) is 3.48. The highest BCUT2D eigenvalue weighted by molar-refractivity contribution is 7.98. The Balaban J connectivity index is 1.60. The first-order valence-electron chi connectivity index (χ1n) is 9.62. The van der Waals surface area contributed by atoms with Crippen LogP contribution in [-0.4, -0.2) is 38.0 Å². The lowest BCUT2D eigenvalue weighted by molar-refractivity contribution is -0.126. The third-order valence-corrected chi connectivity index (χ3v) is 8.67. The number of nitrogens with one attached hydrogen (secondary N) is 1. The highest BCUT2D eigenvalue weighted by atomic mass is 35.5. The summed E-state index contributed by atoms with van der Waals surface area (Å²) >= 11 is 13.7. The average Bonchev–Trinajstić information content (AvgIpc) is 2.75. The van der Waals surface area contributed by atoms with E-state index in [2.05, 4.69) is 5.32 Å². The number of amides is 1. The third-order valence-electron chi connectivity index (χ3n) is 5.31. The first-order valence-corrected chi connectivity index (χ1v) is 13.0. The molecule has 1 aliphatic heterocycles. The number of hydrogen-bond donors (Lipinski definition) is 1. The first-order chi connectivity index (χ1) is 14.2. The fourth-order valence-corrected chi connectivity index (χ4v) is 6.09. The zero-order valence-corrected chi connectivity index (χ0v) is 19.9. The summed E-state index contributed by atoms with van der Waals surface area (Å²) < 4.78 is 27.2. The number of nitrogens with zero attached hydrogens (tertiary/aromatic N) is 1. The van der Waals surface area contributed by atoms with Gasteiger partial charge in [-0.15, -0.1) is 11.8 Å². The maximum atomic E-state index is 12.9. The van der Waals surface area contributed by atoms with Gasteiger partial charge in [-0.3, -0.25) is 4.79 Å². The molecule has 0 bridgehead atoms. The summed E-state index contributed by atoms with van der Waals surface area (Å²) in [6.07, 6.45) is 2.94. The van der Waals surface area contributed by atoms with Gasteiger partial charge in [0.2, 0.25) is 15.9 Å². The van der Waals surface area contributed by atoms with Crippen molar-refractivity contribution in [2.24, 2.45) is 5.92 Å². The van der Waals surface area contributed by atoms with E-state index in [0.29, 0.717) is 17.9 Å². The first kappa shape index (κ1) is 23.4. The number of carbonyl (C=O) groups excluding carboxylic acids is 1. The second-order valence-electron chi connectivity index (χ2n) is 7.26. The summed E-state index contributed by atoms with van der Waals surface area (Å²) in [7, 11) is -3.75. The average molecular weight is 487 g/mol. The van der Waals surface area contributed by atoms with Crippen molar-refractivity contribution in [2.75, 3.05) is 19.3 Å². The minimum Gasteiger partial charge on any atom is -0.349 e. The predicted molar refractivity (Wildman–Crippen MR) is 123 cm³/mol. The maximum absolute atomic E-state index is 12.9. The Bertz CT molecular complexity index is 1010. The lowest BCUT2D eigenvalue weighted by Crippen LogP contribution is -2.43. The molecule has 0 aromatic heterocycles. The molecule has 1 aliphatic rings. The molecule has 5 nitrogen and oxygen atoms in total. The minimum absolute atomic E-state index is 0.00174. The molecule has 9 heteroatoms. The van der Waals surface area contributed by atoms with E-state index in [9.17, 15) is 13.2 Å². The van der Waals surface area contributed by atoms with E-state index in [0.717, 1.165) is 5.56 Å². The van der Waals surface area contributed by atoms with Crippen LogP contribution in [0.4, 0.5) is 0 Å². The normalized spacial score (nSPS) is 16.9. The third kappa shape index (κ3) is 5.32. The van der Waals surface area contributed by atoms with Crippen molar-refractivity contribution in [3.63, 3.8) is 0 Å². The Labute approximate surface area is 192 Å². The molecule has 0 aliphatic carbocycles. The van der Waals surface area contributed by atoms with E-state index >= 15 is 0 Å². The number of hydrogen-bond acceptors (Lipinski definition) is 4. The number of halogens is 2. The smallest absolute Gasteiger partial charge is 0.244 e. The van der Waals surface area contributed by atoms with Crippen LogP contribution in [0.2, 0.25) is 10.0 Å². The van der Waals surface area contributed by atoms with E-state index in [1.54, 1.807) is 17.8 Å². The molecule has 0 spiro atoms. The van der Waals surface area contributed by atoms with Crippen molar-refractivity contribution in [3.05, 3.63) is 58.1 Å². The molecule has 1 heterocycles. The lowest BCUT2D eigenvalue weighted by Gasteiger charge is -2.31. The SMILES string of the molecule is CSc1ccc([C@H](C)NC(=O)C2CCN(S(=O)(=O)c3cc(Cl)ccc3Cl)CC2)cc1. The van der Waals surface area contributed by atoms with Crippen molar-refractivity contribution < 1.29 is 13.2 Å². The van der Waals surface area contributed by atoms with Gasteiger partial charge >= 0.3 is 0 Å². The Kier molecular flexibility index (Phi) is 7.74. The zero-order chi connectivity index (χ0) is 21.9. The molecule has 2 aromatic rings. The Morgan fingerprint density at radius 1 is 1.13 bits per heavy atom. The number of benzene rings is 2. The number of carbonyl (C=O) groups is 1. The molecule has 1 saturated heterocycles. The van der Waals surface area contributed by atoms with E-state index in [4.69, 9.17) is 23.2 Å². The van der Waals surface area contributed by atoms with Crippen molar-refractivity contribution in [1.29, 1.82) is 0 Å². The number of rotatable bonds is 6. The van der Waals surface area contributed by atoms with Gasteiger partial charge in [0, 0.05) is 28.9 Å². The number of thioether (sulfide) groups is 1. The van der Waals surface area contributed by atoms with Gasteiger partial charge in [0.15, 0.2) is 0 Å². The fraction of sp³-hybridized carbons (Fsp3) is 0.381. The molecule has 1 N–H and O–H groups in total. The quantitative estimate of drug-likeness (QED) is 0.583. The van der Waals surface area contributed by atoms with Gasteiger partial charge in [-0.1, -0.05) is 35.3 Å². The molecule has 1 fully saturated rings. The maximum Gasteiger partial charge on any atom is 0.244 e. The van der Waals surface area contributed by atoms with E-state index in [1.165, 1.54) is 21.3 Å². The monoisotopic (exact) mass is 486 g/mol. The highest BCUT2D eigenvalue weighted by Crippen LogP contribution is 2.30. The van der Waals surface area contributed by atoms with Gasteiger partial charge in [-0.25, -0.2) is 8.42 Å². The summed E-state index contributed by atoms with van der Waals surface area (Å²) in [5.74, 6) is -0.270. The van der Waals surface area contributed by atoms with Crippen molar-refractivity contribution in [1.82, 2.24) is 9.62 Å². The Morgan fingerprint density at radius 3 is 2.37 bits per heavy atom. The summed E-state index contributed by atoms with van der Waals surface area (Å²) in [5, 5.41) is 3.50. The molecule has 0 saturated carbocycles. The topological polar surface area (TPSA) is 66.5 Å². The van der Waals surface area contributed by atoms with Crippen LogP contribution < -0.4 is 5.32 Å². The van der Waals surface area contributed by atoms with Crippen molar-refractivity contribution in [3.8, 4) is 0 Å². The molecule has 2 aromatic carbocycles.